The van der Waals surface area contributed by atoms with Crippen LogP contribution in [0.3, 0.4) is 0 Å². The Morgan fingerprint density at radius 1 is 0.690 bits per heavy atom. The van der Waals surface area contributed by atoms with Gasteiger partial charge in [0, 0.05) is 22.6 Å². The molecular weight excluding hydrogens is 402 g/mol. The summed E-state index contributed by atoms with van der Waals surface area (Å²) in [5, 5.41) is 3.22. The summed E-state index contributed by atoms with van der Waals surface area (Å²) >= 11 is 0. The van der Waals surface area contributed by atoms with E-state index in [4.69, 9.17) is 18.9 Å². The van der Waals surface area contributed by atoms with Crippen LogP contribution in [0.1, 0.15) is 48.0 Å². The van der Waals surface area contributed by atoms with Crippen molar-refractivity contribution in [3.05, 3.63) is 24.3 Å². The summed E-state index contributed by atoms with van der Waals surface area (Å²) in [7, 11) is -0.628. The maximum atomic E-state index is 6.54. The second kappa shape index (κ2) is 6.25. The first-order chi connectivity index (χ1) is 13.7. The van der Waals surface area contributed by atoms with Crippen molar-refractivity contribution in [2.45, 2.75) is 107 Å². The molecule has 0 aliphatic carbocycles. The van der Waals surface area contributed by atoms with E-state index in [0.717, 1.165) is 0 Å². The molecule has 4 nitrogen and oxygen atoms in total. The first-order valence-corrected chi connectivity index (χ1v) is 14.0. The van der Waals surface area contributed by atoms with Gasteiger partial charge >= 0.3 is 0 Å². The van der Waals surface area contributed by atoms with Crippen LogP contribution >= 0.6 is 15.8 Å². The Kier molecular flexibility index (Phi) is 4.22. The predicted octanol–water partition coefficient (Wildman–Crippen LogP) is 3.89. The highest BCUT2D eigenvalue weighted by molar-refractivity contribution is 7.74. The van der Waals surface area contributed by atoms with Crippen molar-refractivity contribution in [3.8, 4) is 0 Å². The third kappa shape index (κ3) is 2.73. The Hall–Kier alpha value is -0.0800. The summed E-state index contributed by atoms with van der Waals surface area (Å²) in [6, 6.07) is 9.29. The zero-order chi connectivity index (χ0) is 20.3. The topological polar surface area (TPSA) is 36.9 Å². The molecule has 0 N–H and O–H groups in total. The first-order valence-electron chi connectivity index (χ1n) is 11.0. The van der Waals surface area contributed by atoms with Crippen molar-refractivity contribution in [3.63, 3.8) is 0 Å². The standard InChI is InChI=1S/C23H32O4P2/c1-12-18-20(26-22(3,4)24-18)16-11-17-21-19(25-23(5,6)27-21)13(2)29(17)15-10-8-7-9-14(15)28(12)16/h7-10,12-13,16-21H,11H2,1-6H3/t12?,13?,16-,17-,18+,19?,20?,21?,28?,29?/m0/s1. The molecule has 1 aromatic rings. The highest BCUT2D eigenvalue weighted by Gasteiger charge is 2.64. The molecule has 5 heterocycles. The fourth-order valence-corrected chi connectivity index (χ4v) is 14.6. The SMILES string of the molecule is CC1C2OC(C)(C)OC2[C@@H]2C[C@H]3C4OC(C)(C)O[C@@H]4C(C)P3c3ccccc3P12. The smallest absolute Gasteiger partial charge is 0.163 e. The van der Waals surface area contributed by atoms with Crippen LogP contribution < -0.4 is 10.6 Å². The summed E-state index contributed by atoms with van der Waals surface area (Å²) in [5.41, 5.74) is 2.15. The van der Waals surface area contributed by atoms with E-state index >= 15 is 0 Å². The second-order valence-corrected chi connectivity index (χ2v) is 15.8. The third-order valence-electron chi connectivity index (χ3n) is 7.55. The van der Waals surface area contributed by atoms with Crippen molar-refractivity contribution < 1.29 is 18.9 Å². The first kappa shape index (κ1) is 19.6. The molecule has 0 aromatic heterocycles. The minimum atomic E-state index is -0.470. The van der Waals surface area contributed by atoms with E-state index in [-0.39, 0.29) is 40.3 Å². The summed E-state index contributed by atoms with van der Waals surface area (Å²) in [6.45, 7) is 13.1. The summed E-state index contributed by atoms with van der Waals surface area (Å²) in [6.07, 6.45) is 2.02. The van der Waals surface area contributed by atoms with Gasteiger partial charge in [-0.3, -0.25) is 0 Å². The van der Waals surface area contributed by atoms with Crippen LogP contribution in [-0.2, 0) is 18.9 Å². The number of fused-ring (bicyclic) bond motifs is 9. The van der Waals surface area contributed by atoms with E-state index in [1.807, 2.05) is 0 Å². The highest BCUT2D eigenvalue weighted by Crippen LogP contribution is 2.69. The Balaban J connectivity index is 1.47. The molecule has 0 bridgehead atoms. The van der Waals surface area contributed by atoms with Crippen LogP contribution in [0.15, 0.2) is 24.3 Å². The fourth-order valence-electron chi connectivity index (χ4n) is 6.65. The van der Waals surface area contributed by atoms with E-state index in [2.05, 4.69) is 65.8 Å². The van der Waals surface area contributed by atoms with Gasteiger partial charge in [-0.15, -0.1) is 0 Å². The maximum Gasteiger partial charge on any atom is 0.163 e. The fraction of sp³-hybridized carbons (Fsp3) is 0.739. The van der Waals surface area contributed by atoms with Crippen LogP contribution in [0.25, 0.3) is 0 Å². The van der Waals surface area contributed by atoms with E-state index in [1.165, 1.54) is 6.42 Å². The quantitative estimate of drug-likeness (QED) is 0.581. The van der Waals surface area contributed by atoms with E-state index in [9.17, 15) is 0 Å². The lowest BCUT2D eigenvalue weighted by atomic mass is 10.0. The van der Waals surface area contributed by atoms with E-state index in [0.29, 0.717) is 22.6 Å². The van der Waals surface area contributed by atoms with Gasteiger partial charge in [-0.2, -0.15) is 0 Å². The molecule has 0 spiro atoms. The van der Waals surface area contributed by atoms with Gasteiger partial charge in [-0.05, 0) is 44.7 Å². The van der Waals surface area contributed by atoms with Gasteiger partial charge in [-0.1, -0.05) is 54.0 Å². The molecule has 0 amide bonds. The van der Waals surface area contributed by atoms with Crippen molar-refractivity contribution in [2.24, 2.45) is 0 Å². The second-order valence-electron chi connectivity index (χ2n) is 10.3. The molecule has 0 radical (unpaired) electrons. The molecule has 158 valence electrons. The molecule has 4 fully saturated rings. The Labute approximate surface area is 176 Å². The van der Waals surface area contributed by atoms with Gasteiger partial charge in [0.25, 0.3) is 0 Å². The van der Waals surface area contributed by atoms with Crippen LogP contribution in [0, 0.1) is 0 Å². The molecule has 5 aliphatic rings. The lowest BCUT2D eigenvalue weighted by Crippen LogP contribution is -2.35. The molecule has 5 aliphatic heterocycles. The Morgan fingerprint density at radius 2 is 1.07 bits per heavy atom. The molecule has 4 saturated heterocycles. The van der Waals surface area contributed by atoms with E-state index in [1.54, 1.807) is 10.6 Å². The molecule has 29 heavy (non-hydrogen) atoms. The maximum absolute atomic E-state index is 6.54. The van der Waals surface area contributed by atoms with Crippen molar-refractivity contribution in [1.82, 2.24) is 0 Å². The van der Waals surface area contributed by atoms with Gasteiger partial charge in [-0.25, -0.2) is 0 Å². The van der Waals surface area contributed by atoms with Crippen LogP contribution in [-0.4, -0.2) is 58.6 Å². The number of rotatable bonds is 0. The number of hydrogen-bond donors (Lipinski definition) is 0. The largest absolute Gasteiger partial charge is 0.344 e. The van der Waals surface area contributed by atoms with Gasteiger partial charge in [0.15, 0.2) is 11.6 Å². The molecule has 6 rings (SSSR count). The molecule has 0 saturated carbocycles. The van der Waals surface area contributed by atoms with Crippen molar-refractivity contribution in [2.75, 3.05) is 0 Å². The molecular formula is C23H32O4P2. The van der Waals surface area contributed by atoms with Crippen molar-refractivity contribution in [1.29, 1.82) is 0 Å². The van der Waals surface area contributed by atoms with Crippen LogP contribution in [0.4, 0.5) is 0 Å². The zero-order valence-corrected chi connectivity index (χ0v) is 20.0. The average molecular weight is 434 g/mol. The zero-order valence-electron chi connectivity index (χ0n) is 18.2. The van der Waals surface area contributed by atoms with Crippen molar-refractivity contribution >= 4 is 26.5 Å². The minimum Gasteiger partial charge on any atom is -0.344 e. The van der Waals surface area contributed by atoms with E-state index < -0.39 is 11.6 Å². The Morgan fingerprint density at radius 3 is 1.48 bits per heavy atom. The summed E-state index contributed by atoms with van der Waals surface area (Å²) in [5.74, 6) is -0.940. The Bertz CT molecular complexity index is 775. The predicted molar refractivity (Wildman–Crippen MR) is 118 cm³/mol. The average Bonchev–Trinajstić information content (AvgIpc) is 3.24. The molecule has 1 aromatic carbocycles. The minimum absolute atomic E-state index is 0.207. The monoisotopic (exact) mass is 434 g/mol. The van der Waals surface area contributed by atoms with Crippen LogP contribution in [0.5, 0.6) is 0 Å². The summed E-state index contributed by atoms with van der Waals surface area (Å²) < 4.78 is 25.9. The lowest BCUT2D eigenvalue weighted by Gasteiger charge is -2.30. The van der Waals surface area contributed by atoms with Gasteiger partial charge in [0.1, 0.15) is 0 Å². The molecule has 10 atom stereocenters. The number of ether oxygens (including phenoxy) is 4. The van der Waals surface area contributed by atoms with Gasteiger partial charge in [0.05, 0.1) is 24.4 Å². The lowest BCUT2D eigenvalue weighted by molar-refractivity contribution is -0.149. The highest BCUT2D eigenvalue weighted by atomic mass is 31.1. The van der Waals surface area contributed by atoms with Gasteiger partial charge in [0.2, 0.25) is 0 Å². The van der Waals surface area contributed by atoms with Crippen LogP contribution in [0.2, 0.25) is 0 Å². The normalized spacial score (nSPS) is 51.0. The number of hydrogen-bond acceptors (Lipinski definition) is 4. The molecule has 7 unspecified atom stereocenters. The number of benzene rings is 1. The summed E-state index contributed by atoms with van der Waals surface area (Å²) in [4.78, 5) is 0. The van der Waals surface area contributed by atoms with Gasteiger partial charge < -0.3 is 18.9 Å². The third-order valence-corrected chi connectivity index (χ3v) is 14.4. The molecule has 6 heteroatoms.